The first-order valence-electron chi connectivity index (χ1n) is 3.60. The Morgan fingerprint density at radius 2 is 2.56 bits per heavy atom. The monoisotopic (exact) mass is 130 g/mol. The van der Waals surface area contributed by atoms with E-state index in [-0.39, 0.29) is 6.10 Å². The Morgan fingerprint density at radius 3 is 3.00 bits per heavy atom. The molecule has 0 radical (unpaired) electrons. The van der Waals surface area contributed by atoms with Crippen LogP contribution in [0.5, 0.6) is 0 Å². The van der Waals surface area contributed by atoms with Crippen LogP contribution in [0.2, 0.25) is 0 Å². The minimum absolute atomic E-state index is 0.132. The third-order valence-electron chi connectivity index (χ3n) is 1.93. The van der Waals surface area contributed by atoms with Gasteiger partial charge in [-0.1, -0.05) is 6.92 Å². The molecular formula is C7H14O2. The topological polar surface area (TPSA) is 29.5 Å². The van der Waals surface area contributed by atoms with Crippen LogP contribution >= 0.6 is 0 Å². The number of rotatable bonds is 2. The van der Waals surface area contributed by atoms with Gasteiger partial charge in [0.1, 0.15) is 0 Å². The Labute approximate surface area is 55.8 Å². The van der Waals surface area contributed by atoms with E-state index in [2.05, 4.69) is 0 Å². The van der Waals surface area contributed by atoms with Crippen molar-refractivity contribution < 1.29 is 9.84 Å². The van der Waals surface area contributed by atoms with Crippen LogP contribution in [0.1, 0.15) is 19.8 Å². The van der Waals surface area contributed by atoms with Gasteiger partial charge in [0, 0.05) is 12.5 Å². The van der Waals surface area contributed by atoms with Crippen LogP contribution in [-0.2, 0) is 4.74 Å². The molecule has 0 bridgehead atoms. The van der Waals surface area contributed by atoms with E-state index in [1.807, 2.05) is 6.92 Å². The molecule has 1 rings (SSSR count). The van der Waals surface area contributed by atoms with Gasteiger partial charge in [0.05, 0.1) is 12.7 Å². The lowest BCUT2D eigenvalue weighted by atomic mass is 10.0. The highest BCUT2D eigenvalue weighted by Gasteiger charge is 2.21. The lowest BCUT2D eigenvalue weighted by Gasteiger charge is -2.12. The molecule has 1 fully saturated rings. The first kappa shape index (κ1) is 7.03. The van der Waals surface area contributed by atoms with Crippen molar-refractivity contribution in [1.82, 2.24) is 0 Å². The second kappa shape index (κ2) is 3.18. The molecule has 0 aliphatic carbocycles. The van der Waals surface area contributed by atoms with Gasteiger partial charge in [-0.2, -0.15) is 0 Å². The van der Waals surface area contributed by atoms with Gasteiger partial charge in [-0.15, -0.1) is 0 Å². The fourth-order valence-corrected chi connectivity index (χ4v) is 1.19. The zero-order chi connectivity index (χ0) is 6.69. The normalized spacial score (nSPS) is 30.7. The molecule has 0 spiro atoms. The maximum Gasteiger partial charge on any atom is 0.0588 e. The van der Waals surface area contributed by atoms with Gasteiger partial charge >= 0.3 is 0 Å². The lowest BCUT2D eigenvalue weighted by Crippen LogP contribution is -2.18. The first-order chi connectivity index (χ1) is 4.34. The minimum Gasteiger partial charge on any atom is -0.393 e. The summed E-state index contributed by atoms with van der Waals surface area (Å²) in [6.07, 6.45) is 1.76. The Morgan fingerprint density at radius 1 is 1.78 bits per heavy atom. The Bertz CT molecular complexity index is 77.0. The predicted octanol–water partition coefficient (Wildman–Crippen LogP) is 0.794. The largest absolute Gasteiger partial charge is 0.393 e. The Kier molecular flexibility index (Phi) is 2.49. The molecule has 54 valence electrons. The average Bonchev–Trinajstić information content (AvgIpc) is 2.37. The van der Waals surface area contributed by atoms with Crippen LogP contribution < -0.4 is 0 Å². The van der Waals surface area contributed by atoms with Gasteiger partial charge in [-0.05, 0) is 12.8 Å². The van der Waals surface area contributed by atoms with Crippen molar-refractivity contribution in [2.45, 2.75) is 25.9 Å². The summed E-state index contributed by atoms with van der Waals surface area (Å²) in [6, 6.07) is 0. The Hall–Kier alpha value is -0.0800. The van der Waals surface area contributed by atoms with Gasteiger partial charge < -0.3 is 9.84 Å². The number of ether oxygens (including phenoxy) is 1. The van der Waals surface area contributed by atoms with Crippen LogP contribution in [0.3, 0.4) is 0 Å². The molecule has 2 nitrogen and oxygen atoms in total. The minimum atomic E-state index is -0.132. The fourth-order valence-electron chi connectivity index (χ4n) is 1.19. The molecular weight excluding hydrogens is 116 g/mol. The van der Waals surface area contributed by atoms with E-state index in [4.69, 9.17) is 4.74 Å². The molecule has 1 heterocycles. The van der Waals surface area contributed by atoms with Gasteiger partial charge in [0.2, 0.25) is 0 Å². The fraction of sp³-hybridized carbons (Fsp3) is 1.00. The van der Waals surface area contributed by atoms with E-state index >= 15 is 0 Å². The summed E-state index contributed by atoms with van der Waals surface area (Å²) in [4.78, 5) is 0. The van der Waals surface area contributed by atoms with Gasteiger partial charge in [0.25, 0.3) is 0 Å². The highest BCUT2D eigenvalue weighted by molar-refractivity contribution is 4.70. The van der Waals surface area contributed by atoms with Gasteiger partial charge in [-0.3, -0.25) is 0 Å². The van der Waals surface area contributed by atoms with Gasteiger partial charge in [-0.25, -0.2) is 0 Å². The van der Waals surface area contributed by atoms with E-state index < -0.39 is 0 Å². The van der Waals surface area contributed by atoms with E-state index in [1.165, 1.54) is 0 Å². The summed E-state index contributed by atoms with van der Waals surface area (Å²) < 4.78 is 5.12. The van der Waals surface area contributed by atoms with Crippen molar-refractivity contribution in [1.29, 1.82) is 0 Å². The van der Waals surface area contributed by atoms with E-state index in [0.29, 0.717) is 5.92 Å². The molecule has 2 atom stereocenters. The predicted molar refractivity (Wildman–Crippen MR) is 35.2 cm³/mol. The van der Waals surface area contributed by atoms with Crippen molar-refractivity contribution in [3.8, 4) is 0 Å². The molecule has 9 heavy (non-hydrogen) atoms. The average molecular weight is 130 g/mol. The van der Waals surface area contributed by atoms with Crippen molar-refractivity contribution in [2.24, 2.45) is 5.92 Å². The second-order valence-corrected chi connectivity index (χ2v) is 2.60. The molecule has 0 amide bonds. The number of hydrogen-bond donors (Lipinski definition) is 1. The first-order valence-corrected chi connectivity index (χ1v) is 3.60. The van der Waals surface area contributed by atoms with Crippen LogP contribution in [0.4, 0.5) is 0 Å². The van der Waals surface area contributed by atoms with Crippen LogP contribution in [0, 0.1) is 5.92 Å². The highest BCUT2D eigenvalue weighted by atomic mass is 16.5. The Balaban J connectivity index is 2.24. The summed E-state index contributed by atoms with van der Waals surface area (Å²) in [5, 5.41) is 9.28. The molecule has 0 aromatic carbocycles. The number of aliphatic hydroxyl groups is 1. The van der Waals surface area contributed by atoms with Gasteiger partial charge in [0.15, 0.2) is 0 Å². The van der Waals surface area contributed by atoms with Crippen molar-refractivity contribution in [3.63, 3.8) is 0 Å². The summed E-state index contributed by atoms with van der Waals surface area (Å²) in [7, 11) is 0. The quantitative estimate of drug-likeness (QED) is 0.599. The molecule has 1 saturated heterocycles. The zero-order valence-corrected chi connectivity index (χ0v) is 5.84. The molecule has 0 saturated carbocycles. The van der Waals surface area contributed by atoms with Crippen LogP contribution in [-0.4, -0.2) is 24.4 Å². The van der Waals surface area contributed by atoms with E-state index in [9.17, 15) is 5.11 Å². The van der Waals surface area contributed by atoms with E-state index in [0.717, 1.165) is 26.1 Å². The SMILES string of the molecule is CC[C@@H](O)[C@H]1CCOC1. The third-order valence-corrected chi connectivity index (χ3v) is 1.93. The van der Waals surface area contributed by atoms with Crippen molar-refractivity contribution >= 4 is 0 Å². The molecule has 1 aliphatic rings. The molecule has 1 aliphatic heterocycles. The summed E-state index contributed by atoms with van der Waals surface area (Å²) in [5.74, 6) is 0.412. The smallest absolute Gasteiger partial charge is 0.0588 e. The van der Waals surface area contributed by atoms with E-state index in [1.54, 1.807) is 0 Å². The highest BCUT2D eigenvalue weighted by Crippen LogP contribution is 2.17. The molecule has 0 aromatic heterocycles. The summed E-state index contributed by atoms with van der Waals surface area (Å²) >= 11 is 0. The summed E-state index contributed by atoms with van der Waals surface area (Å²) in [5.41, 5.74) is 0. The molecule has 2 heteroatoms. The molecule has 0 aromatic rings. The van der Waals surface area contributed by atoms with Crippen molar-refractivity contribution in [3.05, 3.63) is 0 Å². The number of hydrogen-bond acceptors (Lipinski definition) is 2. The lowest BCUT2D eigenvalue weighted by molar-refractivity contribution is 0.0887. The standard InChI is InChI=1S/C7H14O2/c1-2-7(8)6-3-4-9-5-6/h6-8H,2-5H2,1H3/t6-,7+/m0/s1. The number of aliphatic hydroxyl groups excluding tert-OH is 1. The zero-order valence-electron chi connectivity index (χ0n) is 5.84. The third kappa shape index (κ3) is 1.66. The van der Waals surface area contributed by atoms with Crippen LogP contribution in [0.15, 0.2) is 0 Å². The summed E-state index contributed by atoms with van der Waals surface area (Å²) in [6.45, 7) is 3.60. The maximum atomic E-state index is 9.28. The van der Waals surface area contributed by atoms with Crippen molar-refractivity contribution in [2.75, 3.05) is 13.2 Å². The molecule has 0 unspecified atom stereocenters. The second-order valence-electron chi connectivity index (χ2n) is 2.60. The maximum absolute atomic E-state index is 9.28. The van der Waals surface area contributed by atoms with Crippen LogP contribution in [0.25, 0.3) is 0 Å². The molecule has 1 N–H and O–H groups in total.